The largest absolute Gasteiger partial charge is 0.351 e. The summed E-state index contributed by atoms with van der Waals surface area (Å²) in [6.45, 7) is 4.21. The van der Waals surface area contributed by atoms with Crippen LogP contribution in [0.25, 0.3) is 0 Å². The molecule has 0 saturated heterocycles. The number of urea groups is 1. The second-order valence-corrected chi connectivity index (χ2v) is 4.77. The molecule has 1 aromatic rings. The molecule has 0 heterocycles. The highest BCUT2D eigenvalue weighted by Crippen LogP contribution is 2.29. The van der Waals surface area contributed by atoms with E-state index in [2.05, 4.69) is 19.2 Å². The molecule has 0 aromatic heterocycles. The highest BCUT2D eigenvalue weighted by Gasteiger charge is 2.05. The number of hydrogen-bond donors (Lipinski definition) is 2. The zero-order valence-corrected chi connectivity index (χ0v) is 9.10. The Morgan fingerprint density at radius 2 is 2.07 bits per heavy atom. The number of rotatable bonds is 3. The van der Waals surface area contributed by atoms with Crippen LogP contribution in [0.15, 0.2) is 29.2 Å². The molecular weight excluding hydrogens is 196 g/mol. The zero-order valence-electron chi connectivity index (χ0n) is 8.28. The van der Waals surface area contributed by atoms with E-state index in [0.29, 0.717) is 5.25 Å². The first-order valence-corrected chi connectivity index (χ1v) is 5.29. The molecule has 76 valence electrons. The van der Waals surface area contributed by atoms with Gasteiger partial charge >= 0.3 is 6.03 Å². The first-order chi connectivity index (χ1) is 6.59. The quantitative estimate of drug-likeness (QED) is 0.753. The number of hydrogen-bond acceptors (Lipinski definition) is 2. The zero-order chi connectivity index (χ0) is 10.6. The SMILES string of the molecule is CC(C)Sc1ccccc1NC(N)=O. The van der Waals surface area contributed by atoms with Crippen molar-refractivity contribution in [1.82, 2.24) is 0 Å². The number of nitrogens with two attached hydrogens (primary N) is 1. The number of para-hydroxylation sites is 1. The summed E-state index contributed by atoms with van der Waals surface area (Å²) < 4.78 is 0. The topological polar surface area (TPSA) is 55.1 Å². The Balaban J connectivity index is 2.85. The predicted molar refractivity (Wildman–Crippen MR) is 60.6 cm³/mol. The second kappa shape index (κ2) is 4.91. The van der Waals surface area contributed by atoms with Gasteiger partial charge in [-0.05, 0) is 12.1 Å². The molecule has 0 atom stereocenters. The molecule has 4 heteroatoms. The third kappa shape index (κ3) is 3.30. The van der Waals surface area contributed by atoms with Crippen LogP contribution in [0.3, 0.4) is 0 Å². The summed E-state index contributed by atoms with van der Waals surface area (Å²) in [6, 6.07) is 7.10. The Labute approximate surface area is 88.1 Å². The van der Waals surface area contributed by atoms with Crippen molar-refractivity contribution in [3.8, 4) is 0 Å². The average molecular weight is 210 g/mol. The maximum absolute atomic E-state index is 10.7. The van der Waals surface area contributed by atoms with Gasteiger partial charge in [0.1, 0.15) is 0 Å². The minimum Gasteiger partial charge on any atom is -0.351 e. The lowest BCUT2D eigenvalue weighted by molar-refractivity contribution is 0.259. The predicted octanol–water partition coefficient (Wildman–Crippen LogP) is 2.68. The maximum Gasteiger partial charge on any atom is 0.316 e. The van der Waals surface area contributed by atoms with Crippen molar-refractivity contribution < 1.29 is 4.79 Å². The number of anilines is 1. The number of thioether (sulfide) groups is 1. The number of benzene rings is 1. The summed E-state index contributed by atoms with van der Waals surface area (Å²) in [4.78, 5) is 11.8. The molecule has 0 fully saturated rings. The molecule has 0 bridgehead atoms. The number of amides is 2. The van der Waals surface area contributed by atoms with E-state index in [1.54, 1.807) is 11.8 Å². The number of nitrogens with one attached hydrogen (secondary N) is 1. The number of carbonyl (C=O) groups is 1. The Hall–Kier alpha value is -1.16. The van der Waals surface area contributed by atoms with Crippen LogP contribution in [0, 0.1) is 0 Å². The highest BCUT2D eigenvalue weighted by molar-refractivity contribution is 8.00. The molecule has 14 heavy (non-hydrogen) atoms. The van der Waals surface area contributed by atoms with Crippen molar-refractivity contribution >= 4 is 23.5 Å². The molecule has 1 rings (SSSR count). The van der Waals surface area contributed by atoms with Crippen LogP contribution in [0.2, 0.25) is 0 Å². The average Bonchev–Trinajstić information content (AvgIpc) is 2.06. The molecule has 3 nitrogen and oxygen atoms in total. The van der Waals surface area contributed by atoms with E-state index in [1.165, 1.54) is 0 Å². The Kier molecular flexibility index (Phi) is 3.83. The van der Waals surface area contributed by atoms with Crippen LogP contribution >= 0.6 is 11.8 Å². The van der Waals surface area contributed by atoms with Gasteiger partial charge in [0, 0.05) is 10.1 Å². The summed E-state index contributed by atoms with van der Waals surface area (Å²) in [5, 5.41) is 3.07. The Morgan fingerprint density at radius 1 is 1.43 bits per heavy atom. The maximum atomic E-state index is 10.7. The van der Waals surface area contributed by atoms with Crippen molar-refractivity contribution in [2.24, 2.45) is 5.73 Å². The molecule has 0 saturated carbocycles. The van der Waals surface area contributed by atoms with Crippen molar-refractivity contribution in [3.63, 3.8) is 0 Å². The molecular formula is C10H14N2OS. The number of carbonyl (C=O) groups excluding carboxylic acids is 1. The minimum absolute atomic E-state index is 0.478. The molecule has 1 aromatic carbocycles. The van der Waals surface area contributed by atoms with E-state index in [1.807, 2.05) is 24.3 Å². The second-order valence-electron chi connectivity index (χ2n) is 3.15. The van der Waals surface area contributed by atoms with Crippen LogP contribution < -0.4 is 11.1 Å². The summed E-state index contributed by atoms with van der Waals surface area (Å²) >= 11 is 1.70. The molecule has 0 aliphatic heterocycles. The van der Waals surface area contributed by atoms with Gasteiger partial charge in [0.2, 0.25) is 0 Å². The fraction of sp³-hybridized carbons (Fsp3) is 0.300. The lowest BCUT2D eigenvalue weighted by atomic mass is 10.3. The Bertz CT molecular complexity index is 326. The van der Waals surface area contributed by atoms with Gasteiger partial charge in [-0.1, -0.05) is 26.0 Å². The summed E-state index contributed by atoms with van der Waals surface area (Å²) in [6.07, 6.45) is 0. The van der Waals surface area contributed by atoms with Gasteiger partial charge in [0.05, 0.1) is 5.69 Å². The summed E-state index contributed by atoms with van der Waals surface area (Å²) in [7, 11) is 0. The van der Waals surface area contributed by atoms with Gasteiger partial charge in [-0.15, -0.1) is 11.8 Å². The van der Waals surface area contributed by atoms with E-state index < -0.39 is 6.03 Å². The van der Waals surface area contributed by atoms with Gasteiger partial charge in [0.15, 0.2) is 0 Å². The summed E-state index contributed by atoms with van der Waals surface area (Å²) in [5.74, 6) is 0. The fourth-order valence-electron chi connectivity index (χ4n) is 1.06. The lowest BCUT2D eigenvalue weighted by Gasteiger charge is -2.10. The van der Waals surface area contributed by atoms with Crippen molar-refractivity contribution in [1.29, 1.82) is 0 Å². The summed E-state index contributed by atoms with van der Waals surface area (Å²) in [5.41, 5.74) is 5.84. The Morgan fingerprint density at radius 3 is 2.64 bits per heavy atom. The van der Waals surface area contributed by atoms with Crippen LogP contribution in [0.5, 0.6) is 0 Å². The third-order valence-corrected chi connectivity index (χ3v) is 2.59. The van der Waals surface area contributed by atoms with Crippen LogP contribution in [-0.2, 0) is 0 Å². The van der Waals surface area contributed by atoms with Gasteiger partial charge in [-0.3, -0.25) is 0 Å². The van der Waals surface area contributed by atoms with Gasteiger partial charge < -0.3 is 11.1 Å². The monoisotopic (exact) mass is 210 g/mol. The smallest absolute Gasteiger partial charge is 0.316 e. The van der Waals surface area contributed by atoms with Crippen molar-refractivity contribution in [2.45, 2.75) is 24.0 Å². The van der Waals surface area contributed by atoms with Gasteiger partial charge in [-0.2, -0.15) is 0 Å². The van der Waals surface area contributed by atoms with Gasteiger partial charge in [-0.25, -0.2) is 4.79 Å². The molecule has 3 N–H and O–H groups in total. The van der Waals surface area contributed by atoms with E-state index in [9.17, 15) is 4.79 Å². The number of primary amides is 1. The van der Waals surface area contributed by atoms with Crippen LogP contribution in [-0.4, -0.2) is 11.3 Å². The van der Waals surface area contributed by atoms with Gasteiger partial charge in [0.25, 0.3) is 0 Å². The first-order valence-electron chi connectivity index (χ1n) is 4.41. The highest BCUT2D eigenvalue weighted by atomic mass is 32.2. The molecule has 0 unspecified atom stereocenters. The first kappa shape index (κ1) is 10.9. The minimum atomic E-state index is -0.526. The molecule has 0 aliphatic carbocycles. The van der Waals surface area contributed by atoms with E-state index >= 15 is 0 Å². The lowest BCUT2D eigenvalue weighted by Crippen LogP contribution is -2.19. The normalized spacial score (nSPS) is 10.2. The third-order valence-electron chi connectivity index (χ3n) is 1.51. The van der Waals surface area contributed by atoms with Crippen molar-refractivity contribution in [2.75, 3.05) is 5.32 Å². The molecule has 0 radical (unpaired) electrons. The van der Waals surface area contributed by atoms with E-state index in [-0.39, 0.29) is 0 Å². The molecule has 2 amide bonds. The van der Waals surface area contributed by atoms with E-state index in [0.717, 1.165) is 10.6 Å². The van der Waals surface area contributed by atoms with Crippen LogP contribution in [0.1, 0.15) is 13.8 Å². The van der Waals surface area contributed by atoms with E-state index in [4.69, 9.17) is 5.73 Å². The fourth-order valence-corrected chi connectivity index (χ4v) is 1.97. The van der Waals surface area contributed by atoms with Crippen LogP contribution in [0.4, 0.5) is 10.5 Å². The molecule has 0 spiro atoms. The standard InChI is InChI=1S/C10H14N2OS/c1-7(2)14-9-6-4-3-5-8(9)12-10(11)13/h3-7H,1-2H3,(H3,11,12,13). The molecule has 0 aliphatic rings. The van der Waals surface area contributed by atoms with Crippen molar-refractivity contribution in [3.05, 3.63) is 24.3 Å².